The lowest BCUT2D eigenvalue weighted by atomic mass is 10.1. The van der Waals surface area contributed by atoms with Crippen LogP contribution < -0.4 is 4.74 Å². The highest BCUT2D eigenvalue weighted by Crippen LogP contribution is 2.24. The normalized spacial score (nSPS) is 11.1. The maximum atomic E-state index is 5.88. The Kier molecular flexibility index (Phi) is 3.89. The third-order valence-electron chi connectivity index (χ3n) is 3.24. The lowest BCUT2D eigenvalue weighted by molar-refractivity contribution is 0.419. The third kappa shape index (κ3) is 3.06. The van der Waals surface area contributed by atoms with Crippen LogP contribution in [-0.4, -0.2) is 12.1 Å². The molecule has 0 saturated heterocycles. The van der Waals surface area contributed by atoms with Gasteiger partial charge in [-0.2, -0.15) is 0 Å². The second kappa shape index (κ2) is 5.98. The smallest absolute Gasteiger partial charge is 0.145 e. The van der Waals surface area contributed by atoms with Gasteiger partial charge in [0.1, 0.15) is 11.3 Å². The summed E-state index contributed by atoms with van der Waals surface area (Å²) >= 11 is 5.88. The molecule has 0 aliphatic heterocycles. The van der Waals surface area contributed by atoms with Gasteiger partial charge in [-0.15, -0.1) is 0 Å². The Morgan fingerprint density at radius 1 is 0.952 bits per heavy atom. The maximum Gasteiger partial charge on any atom is 0.145 e. The zero-order valence-corrected chi connectivity index (χ0v) is 12.3. The third-order valence-corrected chi connectivity index (χ3v) is 3.49. The molecule has 21 heavy (non-hydrogen) atoms. The van der Waals surface area contributed by atoms with Gasteiger partial charge in [-0.05, 0) is 35.9 Å². The van der Waals surface area contributed by atoms with Crippen LogP contribution in [0.1, 0.15) is 11.3 Å². The summed E-state index contributed by atoms with van der Waals surface area (Å²) in [4.78, 5) is 4.64. The molecule has 0 N–H and O–H groups in total. The van der Waals surface area contributed by atoms with E-state index in [1.165, 1.54) is 0 Å². The van der Waals surface area contributed by atoms with Crippen LogP contribution in [0.5, 0.6) is 5.75 Å². The van der Waals surface area contributed by atoms with Crippen molar-refractivity contribution in [2.75, 3.05) is 7.11 Å². The Bertz CT molecular complexity index is 794. The predicted molar refractivity (Wildman–Crippen MR) is 88.7 cm³/mol. The average molecular weight is 296 g/mol. The van der Waals surface area contributed by atoms with E-state index in [0.29, 0.717) is 0 Å². The first-order valence-corrected chi connectivity index (χ1v) is 7.01. The molecule has 1 heterocycles. The van der Waals surface area contributed by atoms with Crippen molar-refractivity contribution in [2.24, 2.45) is 0 Å². The number of hydrogen-bond donors (Lipinski definition) is 0. The van der Waals surface area contributed by atoms with Gasteiger partial charge in [0.2, 0.25) is 0 Å². The summed E-state index contributed by atoms with van der Waals surface area (Å²) in [7, 11) is 1.66. The van der Waals surface area contributed by atoms with Crippen LogP contribution in [0.15, 0.2) is 54.6 Å². The van der Waals surface area contributed by atoms with Crippen LogP contribution >= 0.6 is 11.6 Å². The molecule has 0 radical (unpaired) electrons. The molecule has 2 nitrogen and oxygen atoms in total. The molecule has 0 aliphatic carbocycles. The van der Waals surface area contributed by atoms with E-state index >= 15 is 0 Å². The molecule has 0 spiro atoms. The van der Waals surface area contributed by atoms with E-state index in [9.17, 15) is 0 Å². The van der Waals surface area contributed by atoms with Gasteiger partial charge in [0, 0.05) is 10.4 Å². The first kappa shape index (κ1) is 13.7. The van der Waals surface area contributed by atoms with Gasteiger partial charge in [0.15, 0.2) is 0 Å². The number of nitrogens with zero attached hydrogens (tertiary/aromatic N) is 1. The minimum absolute atomic E-state index is 0.737. The van der Waals surface area contributed by atoms with E-state index in [1.54, 1.807) is 7.11 Å². The molecule has 0 atom stereocenters. The van der Waals surface area contributed by atoms with Crippen molar-refractivity contribution in [1.82, 2.24) is 4.98 Å². The molecule has 0 bridgehead atoms. The fourth-order valence-electron chi connectivity index (χ4n) is 2.15. The summed E-state index contributed by atoms with van der Waals surface area (Å²) in [5, 5.41) is 1.80. The van der Waals surface area contributed by atoms with Crippen molar-refractivity contribution in [3.05, 3.63) is 70.9 Å². The van der Waals surface area contributed by atoms with Gasteiger partial charge >= 0.3 is 0 Å². The second-order valence-electron chi connectivity index (χ2n) is 4.65. The molecule has 104 valence electrons. The molecule has 3 aromatic rings. The molecule has 1 aromatic heterocycles. The van der Waals surface area contributed by atoms with Crippen molar-refractivity contribution in [2.45, 2.75) is 0 Å². The molecule has 0 amide bonds. The van der Waals surface area contributed by atoms with Crippen molar-refractivity contribution >= 4 is 34.7 Å². The molecule has 3 rings (SSSR count). The van der Waals surface area contributed by atoms with E-state index in [2.05, 4.69) is 4.98 Å². The van der Waals surface area contributed by atoms with Crippen LogP contribution in [-0.2, 0) is 0 Å². The van der Waals surface area contributed by atoms with Crippen LogP contribution in [0.25, 0.3) is 23.1 Å². The predicted octanol–water partition coefficient (Wildman–Crippen LogP) is 5.07. The van der Waals surface area contributed by atoms with E-state index in [0.717, 1.165) is 32.9 Å². The van der Waals surface area contributed by atoms with Crippen LogP contribution in [0.3, 0.4) is 0 Å². The standard InChI is InChI=1S/C18H14ClNO/c1-21-17-4-2-3-14-8-12-16(20-18(14)17)11-7-13-5-9-15(19)10-6-13/h2-12H,1H3/b11-7+. The molecule has 0 fully saturated rings. The van der Waals surface area contributed by atoms with E-state index in [-0.39, 0.29) is 0 Å². The monoisotopic (exact) mass is 295 g/mol. The Hall–Kier alpha value is -2.32. The van der Waals surface area contributed by atoms with Crippen LogP contribution in [0.4, 0.5) is 0 Å². The average Bonchev–Trinajstić information content (AvgIpc) is 2.53. The lowest BCUT2D eigenvalue weighted by Crippen LogP contribution is -1.89. The topological polar surface area (TPSA) is 22.1 Å². The summed E-state index contributed by atoms with van der Waals surface area (Å²) in [6.07, 6.45) is 4.00. The Morgan fingerprint density at radius 3 is 2.52 bits per heavy atom. The van der Waals surface area contributed by atoms with Gasteiger partial charge in [-0.1, -0.05) is 48.0 Å². The lowest BCUT2D eigenvalue weighted by Gasteiger charge is -2.05. The number of ether oxygens (including phenoxy) is 1. The fourth-order valence-corrected chi connectivity index (χ4v) is 2.27. The Morgan fingerprint density at radius 2 is 1.76 bits per heavy atom. The van der Waals surface area contributed by atoms with Gasteiger partial charge < -0.3 is 4.74 Å². The van der Waals surface area contributed by atoms with Gasteiger partial charge in [-0.3, -0.25) is 0 Å². The first-order valence-electron chi connectivity index (χ1n) is 6.64. The highest BCUT2D eigenvalue weighted by Gasteiger charge is 2.02. The second-order valence-corrected chi connectivity index (χ2v) is 5.09. The fraction of sp³-hybridized carbons (Fsp3) is 0.0556. The number of para-hydroxylation sites is 1. The number of aromatic nitrogens is 1. The number of halogens is 1. The SMILES string of the molecule is COc1cccc2ccc(/C=C/c3ccc(Cl)cc3)nc12. The highest BCUT2D eigenvalue weighted by atomic mass is 35.5. The van der Waals surface area contributed by atoms with Crippen molar-refractivity contribution in [3.8, 4) is 5.75 Å². The Balaban J connectivity index is 1.95. The molecule has 0 unspecified atom stereocenters. The quantitative estimate of drug-likeness (QED) is 0.673. The minimum atomic E-state index is 0.737. The molecule has 0 aliphatic rings. The number of hydrogen-bond acceptors (Lipinski definition) is 2. The van der Waals surface area contributed by atoms with Crippen LogP contribution in [0, 0.1) is 0 Å². The summed E-state index contributed by atoms with van der Waals surface area (Å²) in [5.74, 6) is 0.786. The summed E-state index contributed by atoms with van der Waals surface area (Å²) < 4.78 is 5.36. The van der Waals surface area contributed by atoms with E-state index < -0.39 is 0 Å². The van der Waals surface area contributed by atoms with E-state index in [4.69, 9.17) is 16.3 Å². The van der Waals surface area contributed by atoms with Gasteiger partial charge in [0.25, 0.3) is 0 Å². The highest BCUT2D eigenvalue weighted by molar-refractivity contribution is 6.30. The summed E-state index contributed by atoms with van der Waals surface area (Å²) in [5.41, 5.74) is 2.85. The maximum absolute atomic E-state index is 5.88. The molecule has 3 heteroatoms. The molecular weight excluding hydrogens is 282 g/mol. The van der Waals surface area contributed by atoms with E-state index in [1.807, 2.05) is 66.7 Å². The minimum Gasteiger partial charge on any atom is -0.494 e. The van der Waals surface area contributed by atoms with Crippen LogP contribution in [0.2, 0.25) is 5.02 Å². The zero-order chi connectivity index (χ0) is 14.7. The van der Waals surface area contributed by atoms with Crippen molar-refractivity contribution < 1.29 is 4.74 Å². The number of benzene rings is 2. The number of methoxy groups -OCH3 is 1. The molecule has 0 saturated carbocycles. The molecule has 2 aromatic carbocycles. The Labute approximate surface area is 128 Å². The number of fused-ring (bicyclic) bond motifs is 1. The zero-order valence-electron chi connectivity index (χ0n) is 11.6. The first-order chi connectivity index (χ1) is 10.3. The van der Waals surface area contributed by atoms with Gasteiger partial charge in [-0.25, -0.2) is 4.98 Å². The number of rotatable bonds is 3. The van der Waals surface area contributed by atoms with Crippen molar-refractivity contribution in [1.29, 1.82) is 0 Å². The summed E-state index contributed by atoms with van der Waals surface area (Å²) in [6, 6.07) is 17.6. The number of pyridine rings is 1. The van der Waals surface area contributed by atoms with Gasteiger partial charge in [0.05, 0.1) is 12.8 Å². The van der Waals surface area contributed by atoms with Crippen molar-refractivity contribution in [3.63, 3.8) is 0 Å². The summed E-state index contributed by atoms with van der Waals surface area (Å²) in [6.45, 7) is 0. The largest absolute Gasteiger partial charge is 0.494 e. The molecular formula is C18H14ClNO.